The molecule has 118 valence electrons. The molecular weight excluding hydrogens is 298 g/mol. The number of rotatable bonds is 4. The quantitative estimate of drug-likeness (QED) is 0.927. The Labute approximate surface area is 129 Å². The molecule has 21 heavy (non-hydrogen) atoms. The minimum absolute atomic E-state index is 0. The summed E-state index contributed by atoms with van der Waals surface area (Å²) in [5, 5.41) is 0. The fourth-order valence-corrected chi connectivity index (χ4v) is 3.62. The molecule has 3 rings (SSSR count). The van der Waals surface area contributed by atoms with Gasteiger partial charge in [0.2, 0.25) is 0 Å². The highest BCUT2D eigenvalue weighted by atomic mass is 35.5. The molecule has 0 bridgehead atoms. The molecule has 1 aromatic rings. The standard InChI is InChI=1S/C15H20F2N2O.ClH/c16-15(17)20-14-4-2-1-3-11(14)8-19-7-10-5-6-13(18)12(10)9-19;/h1-4,10,12-13,15H,5-9,18H2;1H. The van der Waals surface area contributed by atoms with Crippen LogP contribution in [-0.4, -0.2) is 30.6 Å². The van der Waals surface area contributed by atoms with Gasteiger partial charge in [0.25, 0.3) is 0 Å². The van der Waals surface area contributed by atoms with E-state index in [-0.39, 0.29) is 18.2 Å². The fraction of sp³-hybridized carbons (Fsp3) is 0.600. The molecule has 3 unspecified atom stereocenters. The van der Waals surface area contributed by atoms with Gasteiger partial charge in [-0.2, -0.15) is 8.78 Å². The van der Waals surface area contributed by atoms with Crippen molar-refractivity contribution >= 4 is 12.4 Å². The predicted molar refractivity (Wildman–Crippen MR) is 79.8 cm³/mol. The average Bonchev–Trinajstić information content (AvgIpc) is 2.94. The Hall–Kier alpha value is -0.910. The number of likely N-dealkylation sites (tertiary alicyclic amines) is 1. The maximum Gasteiger partial charge on any atom is 0.387 e. The largest absolute Gasteiger partial charge is 0.434 e. The smallest absolute Gasteiger partial charge is 0.387 e. The minimum Gasteiger partial charge on any atom is -0.434 e. The summed E-state index contributed by atoms with van der Waals surface area (Å²) in [7, 11) is 0. The molecule has 2 N–H and O–H groups in total. The molecule has 1 aliphatic carbocycles. The minimum atomic E-state index is -2.78. The zero-order chi connectivity index (χ0) is 14.1. The third-order valence-corrected chi connectivity index (χ3v) is 4.57. The van der Waals surface area contributed by atoms with Gasteiger partial charge in [0, 0.05) is 31.2 Å². The number of nitrogens with two attached hydrogens (primary N) is 1. The van der Waals surface area contributed by atoms with Gasteiger partial charge in [0.05, 0.1) is 0 Å². The number of ether oxygens (including phenoxy) is 1. The van der Waals surface area contributed by atoms with Crippen LogP contribution in [0.1, 0.15) is 18.4 Å². The van der Waals surface area contributed by atoms with Crippen LogP contribution in [0.15, 0.2) is 24.3 Å². The molecule has 3 atom stereocenters. The van der Waals surface area contributed by atoms with Crippen molar-refractivity contribution in [2.24, 2.45) is 17.6 Å². The second-order valence-corrected chi connectivity index (χ2v) is 5.85. The van der Waals surface area contributed by atoms with E-state index in [1.165, 1.54) is 6.42 Å². The van der Waals surface area contributed by atoms with Crippen LogP contribution in [0.2, 0.25) is 0 Å². The van der Waals surface area contributed by atoms with Crippen molar-refractivity contribution in [2.45, 2.75) is 32.0 Å². The van der Waals surface area contributed by atoms with Gasteiger partial charge in [-0.25, -0.2) is 0 Å². The lowest BCUT2D eigenvalue weighted by Gasteiger charge is -2.20. The van der Waals surface area contributed by atoms with Crippen LogP contribution in [-0.2, 0) is 6.54 Å². The van der Waals surface area contributed by atoms with Gasteiger partial charge in [0.15, 0.2) is 0 Å². The summed E-state index contributed by atoms with van der Waals surface area (Å²) in [5.74, 6) is 1.52. The van der Waals surface area contributed by atoms with Crippen LogP contribution in [0, 0.1) is 11.8 Å². The Morgan fingerprint density at radius 1 is 1.24 bits per heavy atom. The summed E-state index contributed by atoms with van der Waals surface area (Å²) in [6.07, 6.45) is 2.31. The highest BCUT2D eigenvalue weighted by Crippen LogP contribution is 2.38. The van der Waals surface area contributed by atoms with Crippen LogP contribution in [0.5, 0.6) is 5.75 Å². The van der Waals surface area contributed by atoms with Crippen molar-refractivity contribution in [2.75, 3.05) is 13.1 Å². The number of alkyl halides is 2. The summed E-state index contributed by atoms with van der Waals surface area (Å²) in [4.78, 5) is 2.31. The molecule has 2 aliphatic rings. The van der Waals surface area contributed by atoms with Gasteiger partial charge in [-0.3, -0.25) is 4.90 Å². The van der Waals surface area contributed by atoms with Crippen LogP contribution in [0.3, 0.4) is 0 Å². The van der Waals surface area contributed by atoms with Crippen molar-refractivity contribution in [3.63, 3.8) is 0 Å². The van der Waals surface area contributed by atoms with E-state index < -0.39 is 6.61 Å². The lowest BCUT2D eigenvalue weighted by atomic mass is 9.98. The molecule has 1 aliphatic heterocycles. The molecular formula is C15H21ClF2N2O. The second kappa shape index (κ2) is 6.90. The third kappa shape index (κ3) is 3.65. The summed E-state index contributed by atoms with van der Waals surface area (Å²) in [6, 6.07) is 7.33. The summed E-state index contributed by atoms with van der Waals surface area (Å²) >= 11 is 0. The Kier molecular flexibility index (Phi) is 5.41. The molecule has 0 amide bonds. The number of benzene rings is 1. The Balaban J connectivity index is 0.00000161. The first kappa shape index (κ1) is 16.5. The van der Waals surface area contributed by atoms with E-state index in [2.05, 4.69) is 9.64 Å². The molecule has 0 radical (unpaired) electrons. The maximum absolute atomic E-state index is 12.4. The zero-order valence-corrected chi connectivity index (χ0v) is 12.6. The van der Waals surface area contributed by atoms with E-state index in [1.807, 2.05) is 12.1 Å². The Morgan fingerprint density at radius 3 is 2.71 bits per heavy atom. The van der Waals surface area contributed by atoms with E-state index in [4.69, 9.17) is 5.73 Å². The first-order valence-electron chi connectivity index (χ1n) is 7.14. The molecule has 1 aromatic carbocycles. The summed E-state index contributed by atoms with van der Waals surface area (Å²) in [6.45, 7) is -0.138. The van der Waals surface area contributed by atoms with Crippen LogP contribution >= 0.6 is 12.4 Å². The van der Waals surface area contributed by atoms with Crippen molar-refractivity contribution in [1.82, 2.24) is 4.90 Å². The van der Waals surface area contributed by atoms with E-state index in [0.717, 1.165) is 25.1 Å². The molecule has 0 spiro atoms. The van der Waals surface area contributed by atoms with Gasteiger partial charge < -0.3 is 10.5 Å². The van der Waals surface area contributed by atoms with Gasteiger partial charge >= 0.3 is 6.61 Å². The highest BCUT2D eigenvalue weighted by Gasteiger charge is 2.40. The van der Waals surface area contributed by atoms with Crippen molar-refractivity contribution in [3.05, 3.63) is 29.8 Å². The van der Waals surface area contributed by atoms with Crippen molar-refractivity contribution < 1.29 is 13.5 Å². The summed E-state index contributed by atoms with van der Waals surface area (Å²) in [5.41, 5.74) is 6.94. The number of hydrogen-bond acceptors (Lipinski definition) is 3. The lowest BCUT2D eigenvalue weighted by Crippen LogP contribution is -2.30. The second-order valence-electron chi connectivity index (χ2n) is 5.85. The lowest BCUT2D eigenvalue weighted by molar-refractivity contribution is -0.0507. The average molecular weight is 319 g/mol. The monoisotopic (exact) mass is 318 g/mol. The van der Waals surface area contributed by atoms with Crippen LogP contribution in [0.25, 0.3) is 0 Å². The maximum atomic E-state index is 12.4. The third-order valence-electron chi connectivity index (χ3n) is 4.57. The van der Waals surface area contributed by atoms with E-state index >= 15 is 0 Å². The van der Waals surface area contributed by atoms with Crippen LogP contribution < -0.4 is 10.5 Å². The SMILES string of the molecule is Cl.NC1CCC2CN(Cc3ccccc3OC(F)F)CC12. The van der Waals surface area contributed by atoms with E-state index in [9.17, 15) is 8.78 Å². The number of para-hydroxylation sites is 1. The van der Waals surface area contributed by atoms with E-state index in [0.29, 0.717) is 24.4 Å². The van der Waals surface area contributed by atoms with Gasteiger partial charge in [-0.05, 0) is 30.7 Å². The molecule has 1 heterocycles. The topological polar surface area (TPSA) is 38.5 Å². The molecule has 3 nitrogen and oxygen atoms in total. The first-order valence-corrected chi connectivity index (χ1v) is 7.14. The number of halogens is 3. The van der Waals surface area contributed by atoms with Gasteiger partial charge in [-0.15, -0.1) is 12.4 Å². The Bertz CT molecular complexity index is 475. The Morgan fingerprint density at radius 2 is 2.00 bits per heavy atom. The van der Waals surface area contributed by atoms with Crippen LogP contribution in [0.4, 0.5) is 8.78 Å². The molecule has 0 aromatic heterocycles. The van der Waals surface area contributed by atoms with Crippen molar-refractivity contribution in [1.29, 1.82) is 0 Å². The van der Waals surface area contributed by atoms with Crippen molar-refractivity contribution in [3.8, 4) is 5.75 Å². The number of fused-ring (bicyclic) bond motifs is 1. The first-order chi connectivity index (χ1) is 9.63. The molecule has 1 saturated carbocycles. The number of nitrogens with zero attached hydrogens (tertiary/aromatic N) is 1. The van der Waals surface area contributed by atoms with E-state index in [1.54, 1.807) is 12.1 Å². The molecule has 1 saturated heterocycles. The highest BCUT2D eigenvalue weighted by molar-refractivity contribution is 5.85. The predicted octanol–water partition coefficient (Wildman–Crippen LogP) is 2.88. The summed E-state index contributed by atoms with van der Waals surface area (Å²) < 4.78 is 29.4. The number of hydrogen-bond donors (Lipinski definition) is 1. The normalized spacial score (nSPS) is 28.5. The molecule has 2 fully saturated rings. The van der Waals surface area contributed by atoms with Gasteiger partial charge in [0.1, 0.15) is 5.75 Å². The van der Waals surface area contributed by atoms with Gasteiger partial charge in [-0.1, -0.05) is 18.2 Å². The fourth-order valence-electron chi connectivity index (χ4n) is 3.62. The molecule has 6 heteroatoms. The zero-order valence-electron chi connectivity index (χ0n) is 11.8.